The predicted molar refractivity (Wildman–Crippen MR) is 115 cm³/mol. The van der Waals surface area contributed by atoms with E-state index in [2.05, 4.69) is 36.5 Å². The van der Waals surface area contributed by atoms with Crippen molar-refractivity contribution < 1.29 is 9.47 Å². The van der Waals surface area contributed by atoms with Crippen LogP contribution in [0.4, 0.5) is 0 Å². The Bertz CT molecular complexity index is 896. The molecule has 28 heavy (non-hydrogen) atoms. The molecule has 0 unspecified atom stereocenters. The fourth-order valence-electron chi connectivity index (χ4n) is 3.00. The average molecular weight is 396 g/mol. The number of benzene rings is 3. The molecule has 0 aliphatic rings. The molecule has 0 atom stereocenters. The first-order valence-corrected chi connectivity index (χ1v) is 9.92. The highest BCUT2D eigenvalue weighted by molar-refractivity contribution is 6.32. The van der Waals surface area contributed by atoms with Gasteiger partial charge in [0.15, 0.2) is 11.5 Å². The van der Waals surface area contributed by atoms with Gasteiger partial charge in [-0.05, 0) is 48.2 Å². The molecule has 0 aliphatic heterocycles. The summed E-state index contributed by atoms with van der Waals surface area (Å²) in [5.41, 5.74) is 4.64. The maximum Gasteiger partial charge on any atom is 0.180 e. The van der Waals surface area contributed by atoms with E-state index in [1.807, 2.05) is 49.4 Å². The highest BCUT2D eigenvalue weighted by atomic mass is 35.5. The number of hydrogen-bond acceptors (Lipinski definition) is 3. The lowest BCUT2D eigenvalue weighted by atomic mass is 10.1. The van der Waals surface area contributed by atoms with Gasteiger partial charge in [0.2, 0.25) is 0 Å². The number of halogens is 1. The van der Waals surface area contributed by atoms with Crippen LogP contribution in [0.3, 0.4) is 0 Å². The smallest absolute Gasteiger partial charge is 0.180 e. The zero-order valence-electron chi connectivity index (χ0n) is 16.4. The Kier molecular flexibility index (Phi) is 7.35. The largest absolute Gasteiger partial charge is 0.490 e. The third-order valence-corrected chi connectivity index (χ3v) is 4.78. The van der Waals surface area contributed by atoms with Crippen LogP contribution in [0.15, 0.2) is 66.7 Å². The molecule has 0 radical (unpaired) electrons. The minimum atomic E-state index is 0.456. The number of ether oxygens (including phenoxy) is 2. The van der Waals surface area contributed by atoms with Crippen molar-refractivity contribution in [1.82, 2.24) is 5.32 Å². The SMILES string of the molecule is CCOc1cc(CNCc2ccccc2)cc(Cl)c1OCc1ccccc1C. The second kappa shape index (κ2) is 10.2. The first-order valence-electron chi connectivity index (χ1n) is 9.54. The fraction of sp³-hybridized carbons (Fsp3) is 0.250. The standard InChI is InChI=1S/C24H26ClNO2/c1-3-27-23-14-20(16-26-15-19-10-5-4-6-11-19)13-22(25)24(23)28-17-21-12-8-7-9-18(21)2/h4-14,26H,3,15-17H2,1-2H3. The van der Waals surface area contributed by atoms with E-state index >= 15 is 0 Å². The molecule has 4 heteroatoms. The van der Waals surface area contributed by atoms with Gasteiger partial charge in [0.1, 0.15) is 6.61 Å². The van der Waals surface area contributed by atoms with E-state index in [-0.39, 0.29) is 0 Å². The first-order chi connectivity index (χ1) is 13.7. The Balaban J connectivity index is 1.69. The summed E-state index contributed by atoms with van der Waals surface area (Å²) in [6, 6.07) is 22.4. The van der Waals surface area contributed by atoms with Crippen LogP contribution >= 0.6 is 11.6 Å². The average Bonchev–Trinajstić information content (AvgIpc) is 2.70. The molecule has 3 nitrogen and oxygen atoms in total. The molecule has 3 aromatic rings. The molecule has 146 valence electrons. The minimum absolute atomic E-state index is 0.456. The summed E-state index contributed by atoms with van der Waals surface area (Å²) in [6.45, 7) is 6.54. The van der Waals surface area contributed by atoms with E-state index in [4.69, 9.17) is 21.1 Å². The summed E-state index contributed by atoms with van der Waals surface area (Å²) in [5, 5.41) is 4.01. The summed E-state index contributed by atoms with van der Waals surface area (Å²) in [6.07, 6.45) is 0. The fourth-order valence-corrected chi connectivity index (χ4v) is 3.28. The lowest BCUT2D eigenvalue weighted by molar-refractivity contribution is 0.268. The normalized spacial score (nSPS) is 10.7. The van der Waals surface area contributed by atoms with Crippen LogP contribution in [0.25, 0.3) is 0 Å². The molecule has 0 spiro atoms. The predicted octanol–water partition coefficient (Wildman–Crippen LogP) is 5.92. The second-order valence-corrected chi connectivity index (χ2v) is 7.05. The lowest BCUT2D eigenvalue weighted by Gasteiger charge is -2.16. The lowest BCUT2D eigenvalue weighted by Crippen LogP contribution is -2.13. The van der Waals surface area contributed by atoms with Crippen molar-refractivity contribution in [3.8, 4) is 11.5 Å². The van der Waals surface area contributed by atoms with Gasteiger partial charge in [-0.25, -0.2) is 0 Å². The summed E-state index contributed by atoms with van der Waals surface area (Å²) in [5.74, 6) is 1.28. The van der Waals surface area contributed by atoms with E-state index in [0.29, 0.717) is 36.3 Å². The van der Waals surface area contributed by atoms with E-state index in [0.717, 1.165) is 17.7 Å². The molecule has 0 amide bonds. The highest BCUT2D eigenvalue weighted by Gasteiger charge is 2.13. The van der Waals surface area contributed by atoms with E-state index < -0.39 is 0 Å². The van der Waals surface area contributed by atoms with Crippen LogP contribution in [-0.2, 0) is 19.7 Å². The van der Waals surface area contributed by atoms with Gasteiger partial charge in [0, 0.05) is 13.1 Å². The van der Waals surface area contributed by atoms with Crippen LogP contribution < -0.4 is 14.8 Å². The monoisotopic (exact) mass is 395 g/mol. The molecule has 0 saturated carbocycles. The van der Waals surface area contributed by atoms with Crippen molar-refractivity contribution in [2.45, 2.75) is 33.5 Å². The molecular weight excluding hydrogens is 370 g/mol. The van der Waals surface area contributed by atoms with Crippen molar-refractivity contribution in [1.29, 1.82) is 0 Å². The van der Waals surface area contributed by atoms with Crippen LogP contribution in [0.2, 0.25) is 5.02 Å². The van der Waals surface area contributed by atoms with Crippen molar-refractivity contribution in [2.75, 3.05) is 6.61 Å². The number of hydrogen-bond donors (Lipinski definition) is 1. The van der Waals surface area contributed by atoms with Gasteiger partial charge in [-0.3, -0.25) is 0 Å². The Morgan fingerprint density at radius 3 is 2.32 bits per heavy atom. The van der Waals surface area contributed by atoms with Crippen LogP contribution in [0.5, 0.6) is 11.5 Å². The summed E-state index contributed by atoms with van der Waals surface area (Å²) in [7, 11) is 0. The number of aryl methyl sites for hydroxylation is 1. The van der Waals surface area contributed by atoms with Crippen LogP contribution in [0.1, 0.15) is 29.2 Å². The summed E-state index contributed by atoms with van der Waals surface area (Å²) < 4.78 is 11.8. The molecular formula is C24H26ClNO2. The van der Waals surface area contributed by atoms with Crippen molar-refractivity contribution >= 4 is 11.6 Å². The van der Waals surface area contributed by atoms with Crippen molar-refractivity contribution in [3.63, 3.8) is 0 Å². The zero-order chi connectivity index (χ0) is 19.8. The van der Waals surface area contributed by atoms with E-state index in [9.17, 15) is 0 Å². The van der Waals surface area contributed by atoms with Gasteiger partial charge in [0.05, 0.1) is 11.6 Å². The van der Waals surface area contributed by atoms with Crippen LogP contribution in [0, 0.1) is 6.92 Å². The third-order valence-electron chi connectivity index (χ3n) is 4.50. The van der Waals surface area contributed by atoms with Crippen LogP contribution in [-0.4, -0.2) is 6.61 Å². The molecule has 3 aromatic carbocycles. The van der Waals surface area contributed by atoms with E-state index in [1.165, 1.54) is 11.1 Å². The van der Waals surface area contributed by atoms with Crippen molar-refractivity contribution in [2.24, 2.45) is 0 Å². The zero-order valence-corrected chi connectivity index (χ0v) is 17.1. The third kappa shape index (κ3) is 5.51. The Morgan fingerprint density at radius 1 is 0.857 bits per heavy atom. The summed E-state index contributed by atoms with van der Waals surface area (Å²) >= 11 is 6.54. The highest BCUT2D eigenvalue weighted by Crippen LogP contribution is 2.37. The molecule has 0 bridgehead atoms. The quantitative estimate of drug-likeness (QED) is 0.488. The van der Waals surface area contributed by atoms with Gasteiger partial charge in [0.25, 0.3) is 0 Å². The van der Waals surface area contributed by atoms with Gasteiger partial charge in [-0.1, -0.05) is 66.2 Å². The summed E-state index contributed by atoms with van der Waals surface area (Å²) in [4.78, 5) is 0. The molecule has 0 heterocycles. The van der Waals surface area contributed by atoms with E-state index in [1.54, 1.807) is 0 Å². The molecule has 0 saturated heterocycles. The van der Waals surface area contributed by atoms with Gasteiger partial charge < -0.3 is 14.8 Å². The number of nitrogens with one attached hydrogen (secondary N) is 1. The van der Waals surface area contributed by atoms with Gasteiger partial charge in [-0.15, -0.1) is 0 Å². The molecule has 1 N–H and O–H groups in total. The Morgan fingerprint density at radius 2 is 1.57 bits per heavy atom. The molecule has 0 fully saturated rings. The van der Waals surface area contributed by atoms with Gasteiger partial charge in [-0.2, -0.15) is 0 Å². The minimum Gasteiger partial charge on any atom is -0.490 e. The number of rotatable bonds is 9. The van der Waals surface area contributed by atoms with Gasteiger partial charge >= 0.3 is 0 Å². The topological polar surface area (TPSA) is 30.5 Å². The molecule has 0 aromatic heterocycles. The molecule has 0 aliphatic carbocycles. The van der Waals surface area contributed by atoms with Crippen molar-refractivity contribution in [3.05, 3.63) is 94.0 Å². The molecule has 3 rings (SSSR count). The first kappa shape index (κ1) is 20.2. The second-order valence-electron chi connectivity index (χ2n) is 6.64. The maximum absolute atomic E-state index is 6.54. The maximum atomic E-state index is 6.54. The Labute approximate surface area is 172 Å². The Hall–Kier alpha value is -2.49.